The van der Waals surface area contributed by atoms with E-state index in [1.807, 2.05) is 0 Å². The Bertz CT molecular complexity index is 848. The number of hydrogen-bond donors (Lipinski definition) is 2. The quantitative estimate of drug-likeness (QED) is 0.647. The van der Waals surface area contributed by atoms with Gasteiger partial charge in [0.15, 0.2) is 0 Å². The van der Waals surface area contributed by atoms with Crippen LogP contribution in [0.1, 0.15) is 34.9 Å². The second-order valence-electron chi connectivity index (χ2n) is 6.47. The van der Waals surface area contributed by atoms with Crippen LogP contribution in [0.5, 0.6) is 11.5 Å². The monoisotopic (exact) mass is 407 g/mol. The number of nitrogens with zero attached hydrogens (tertiary/aromatic N) is 1. The van der Waals surface area contributed by atoms with Gasteiger partial charge in [-0.2, -0.15) is 5.10 Å². The van der Waals surface area contributed by atoms with E-state index in [4.69, 9.17) is 32.7 Å². The van der Waals surface area contributed by atoms with Crippen LogP contribution in [0.3, 0.4) is 0 Å². The van der Waals surface area contributed by atoms with Crippen LogP contribution in [-0.4, -0.2) is 24.4 Å². The van der Waals surface area contributed by atoms with E-state index in [2.05, 4.69) is 28.7 Å². The van der Waals surface area contributed by atoms with Gasteiger partial charge in [0.1, 0.15) is 11.5 Å². The Kier molecular flexibility index (Phi) is 6.02. The van der Waals surface area contributed by atoms with Gasteiger partial charge in [-0.25, -0.2) is 0 Å². The van der Waals surface area contributed by atoms with Gasteiger partial charge in [0.05, 0.1) is 36.5 Å². The fraction of sp³-hybridized carbons (Fsp3) is 0.350. The van der Waals surface area contributed by atoms with Crippen LogP contribution < -0.4 is 14.8 Å². The molecule has 1 unspecified atom stereocenters. The Balaban J connectivity index is 1.88. The minimum Gasteiger partial charge on any atom is -0.495 e. The fourth-order valence-electron chi connectivity index (χ4n) is 3.50. The number of ether oxygens (including phenoxy) is 2. The van der Waals surface area contributed by atoms with Crippen LogP contribution in [-0.2, 0) is 19.4 Å². The molecule has 1 heterocycles. The minimum absolute atomic E-state index is 0.158. The second kappa shape index (κ2) is 8.28. The van der Waals surface area contributed by atoms with Crippen LogP contribution in [0, 0.1) is 0 Å². The number of rotatable bonds is 7. The SMILES string of the molecule is C=CC(=C)NCc1n[nH]c2c1CCC(c1c(Cl)c(OC)cc(OC)c1Cl)C2. The Morgan fingerprint density at radius 1 is 1.33 bits per heavy atom. The minimum atomic E-state index is 0.158. The van der Waals surface area contributed by atoms with Gasteiger partial charge in [-0.05, 0) is 36.8 Å². The normalized spacial score (nSPS) is 15.8. The lowest BCUT2D eigenvalue weighted by Crippen LogP contribution is -2.16. The summed E-state index contributed by atoms with van der Waals surface area (Å²) in [6.07, 6.45) is 4.27. The molecule has 0 spiro atoms. The number of halogens is 2. The van der Waals surface area contributed by atoms with Crippen LogP contribution in [0.2, 0.25) is 10.0 Å². The molecule has 3 rings (SSSR count). The molecule has 5 nitrogen and oxygen atoms in total. The molecule has 1 atom stereocenters. The first-order valence-corrected chi connectivity index (χ1v) is 9.45. The van der Waals surface area contributed by atoms with Crippen molar-refractivity contribution in [3.05, 3.63) is 63.6 Å². The summed E-state index contributed by atoms with van der Waals surface area (Å²) in [6.45, 7) is 8.19. The summed E-state index contributed by atoms with van der Waals surface area (Å²) < 4.78 is 10.8. The number of fused-ring (bicyclic) bond motifs is 1. The predicted octanol–water partition coefficient (Wildman–Crippen LogP) is 4.80. The average molecular weight is 408 g/mol. The lowest BCUT2D eigenvalue weighted by Gasteiger charge is -2.26. The van der Waals surface area contributed by atoms with E-state index in [0.29, 0.717) is 28.1 Å². The standard InChI is InChI=1S/C20H23Cl2N3O2/c1-5-11(2)23-10-15-13-7-6-12(8-14(13)24-25-15)18-19(21)16(26-3)9-17(27-4)20(18)22/h5,9,12,23H,1-2,6-8,10H2,3-4H3,(H,24,25). The van der Waals surface area contributed by atoms with E-state index in [9.17, 15) is 0 Å². The van der Waals surface area contributed by atoms with Crippen LogP contribution in [0.4, 0.5) is 0 Å². The molecule has 1 aromatic heterocycles. The zero-order chi connectivity index (χ0) is 19.6. The third kappa shape index (κ3) is 3.80. The van der Waals surface area contributed by atoms with Gasteiger partial charge in [0.2, 0.25) is 0 Å². The number of allylic oxidation sites excluding steroid dienone is 1. The van der Waals surface area contributed by atoms with Crippen molar-refractivity contribution in [2.24, 2.45) is 0 Å². The maximum absolute atomic E-state index is 6.59. The largest absolute Gasteiger partial charge is 0.495 e. The van der Waals surface area contributed by atoms with E-state index in [1.165, 1.54) is 5.56 Å². The van der Waals surface area contributed by atoms with Crippen molar-refractivity contribution in [2.45, 2.75) is 31.7 Å². The van der Waals surface area contributed by atoms with Crippen LogP contribution >= 0.6 is 23.2 Å². The summed E-state index contributed by atoms with van der Waals surface area (Å²) in [5, 5.41) is 11.9. The predicted molar refractivity (Wildman–Crippen MR) is 109 cm³/mol. The molecular formula is C20H23Cl2N3O2. The molecule has 1 aliphatic carbocycles. The van der Waals surface area contributed by atoms with Gasteiger partial charge in [-0.3, -0.25) is 5.10 Å². The number of H-pyrrole nitrogens is 1. The summed E-state index contributed by atoms with van der Waals surface area (Å²) in [6, 6.07) is 1.72. The summed E-state index contributed by atoms with van der Waals surface area (Å²) in [7, 11) is 3.17. The van der Waals surface area contributed by atoms with Crippen molar-refractivity contribution < 1.29 is 9.47 Å². The lowest BCUT2D eigenvalue weighted by atomic mass is 9.82. The number of methoxy groups -OCH3 is 2. The molecule has 1 aliphatic rings. The van der Waals surface area contributed by atoms with Gasteiger partial charge in [0.25, 0.3) is 0 Å². The van der Waals surface area contributed by atoms with Crippen molar-refractivity contribution in [1.82, 2.24) is 15.5 Å². The topological polar surface area (TPSA) is 59.2 Å². The molecule has 0 amide bonds. The highest BCUT2D eigenvalue weighted by molar-refractivity contribution is 6.38. The van der Waals surface area contributed by atoms with E-state index in [0.717, 1.165) is 41.9 Å². The molecule has 0 saturated heterocycles. The highest BCUT2D eigenvalue weighted by atomic mass is 35.5. The van der Waals surface area contributed by atoms with Crippen molar-refractivity contribution in [3.63, 3.8) is 0 Å². The molecule has 2 N–H and O–H groups in total. The van der Waals surface area contributed by atoms with Gasteiger partial charge in [-0.1, -0.05) is 36.4 Å². The van der Waals surface area contributed by atoms with Crippen molar-refractivity contribution >= 4 is 23.2 Å². The second-order valence-corrected chi connectivity index (χ2v) is 7.23. The van der Waals surface area contributed by atoms with Crippen molar-refractivity contribution in [1.29, 1.82) is 0 Å². The molecule has 144 valence electrons. The molecule has 1 aromatic carbocycles. The molecule has 2 aromatic rings. The fourth-order valence-corrected chi connectivity index (χ4v) is 4.31. The number of benzene rings is 1. The Morgan fingerprint density at radius 2 is 2.00 bits per heavy atom. The molecular weight excluding hydrogens is 385 g/mol. The van der Waals surface area contributed by atoms with Gasteiger partial charge < -0.3 is 14.8 Å². The highest BCUT2D eigenvalue weighted by Gasteiger charge is 2.30. The highest BCUT2D eigenvalue weighted by Crippen LogP contribution is 2.47. The molecule has 0 bridgehead atoms. The molecule has 0 aliphatic heterocycles. The molecule has 0 saturated carbocycles. The molecule has 0 radical (unpaired) electrons. The molecule has 0 fully saturated rings. The lowest BCUT2D eigenvalue weighted by molar-refractivity contribution is 0.392. The first-order valence-electron chi connectivity index (χ1n) is 8.70. The summed E-state index contributed by atoms with van der Waals surface area (Å²) >= 11 is 13.2. The first kappa shape index (κ1) is 19.6. The summed E-state index contributed by atoms with van der Waals surface area (Å²) in [4.78, 5) is 0. The Labute approximate surface area is 169 Å². The smallest absolute Gasteiger partial charge is 0.141 e. The van der Waals surface area contributed by atoms with Crippen LogP contribution in [0.15, 0.2) is 31.0 Å². The van der Waals surface area contributed by atoms with E-state index >= 15 is 0 Å². The number of aromatic amines is 1. The maximum Gasteiger partial charge on any atom is 0.141 e. The zero-order valence-electron chi connectivity index (χ0n) is 15.5. The van der Waals surface area contributed by atoms with E-state index < -0.39 is 0 Å². The molecule has 27 heavy (non-hydrogen) atoms. The Morgan fingerprint density at radius 3 is 2.59 bits per heavy atom. The third-order valence-corrected chi connectivity index (χ3v) is 5.76. The number of nitrogens with one attached hydrogen (secondary N) is 2. The average Bonchev–Trinajstić information content (AvgIpc) is 3.08. The molecule has 7 heteroatoms. The third-order valence-electron chi connectivity index (χ3n) is 4.98. The Hall–Kier alpha value is -2.11. The summed E-state index contributed by atoms with van der Waals surface area (Å²) in [5.74, 6) is 1.29. The van der Waals surface area contributed by atoms with Crippen LogP contribution in [0.25, 0.3) is 0 Å². The van der Waals surface area contributed by atoms with Crippen molar-refractivity contribution in [3.8, 4) is 11.5 Å². The van der Waals surface area contributed by atoms with E-state index in [1.54, 1.807) is 26.4 Å². The number of aromatic nitrogens is 2. The first-order chi connectivity index (χ1) is 13.0. The van der Waals surface area contributed by atoms with E-state index in [-0.39, 0.29) is 5.92 Å². The number of hydrogen-bond acceptors (Lipinski definition) is 4. The summed E-state index contributed by atoms with van der Waals surface area (Å²) in [5.41, 5.74) is 5.02. The maximum atomic E-state index is 6.59. The zero-order valence-corrected chi connectivity index (χ0v) is 17.0. The van der Waals surface area contributed by atoms with Gasteiger partial charge >= 0.3 is 0 Å². The van der Waals surface area contributed by atoms with Gasteiger partial charge in [-0.15, -0.1) is 0 Å². The van der Waals surface area contributed by atoms with Gasteiger partial charge in [0, 0.05) is 23.0 Å². The van der Waals surface area contributed by atoms with Crippen molar-refractivity contribution in [2.75, 3.05) is 14.2 Å².